The van der Waals surface area contributed by atoms with E-state index in [-0.39, 0.29) is 6.17 Å². The summed E-state index contributed by atoms with van der Waals surface area (Å²) in [7, 11) is 0. The highest BCUT2D eigenvalue weighted by Gasteiger charge is 2.36. The summed E-state index contributed by atoms with van der Waals surface area (Å²) in [4.78, 5) is 13.6. The van der Waals surface area contributed by atoms with Crippen LogP contribution >= 0.6 is 0 Å². The molecule has 9 nitrogen and oxygen atoms in total. The minimum atomic E-state index is -0.302. The predicted molar refractivity (Wildman–Crippen MR) is 85.8 cm³/mol. The summed E-state index contributed by atoms with van der Waals surface area (Å²) in [6, 6.07) is 3.91. The molecule has 0 saturated heterocycles. The summed E-state index contributed by atoms with van der Waals surface area (Å²) in [5.74, 6) is 1.71. The number of rotatable bonds is 3. The molecule has 4 heterocycles. The molecule has 0 amide bonds. The van der Waals surface area contributed by atoms with Crippen molar-refractivity contribution in [2.45, 2.75) is 19.6 Å². The Hall–Kier alpha value is -2.78. The molecule has 2 aromatic heterocycles. The first-order valence-electron chi connectivity index (χ1n) is 7.35. The molecule has 9 heteroatoms. The molecule has 118 valence electrons. The lowest BCUT2D eigenvalue weighted by molar-refractivity contribution is 0.407. The second kappa shape index (κ2) is 5.14. The number of hydrogen-bond acceptors (Lipinski definition) is 8. The first kappa shape index (κ1) is 13.9. The molecule has 1 atom stereocenters. The van der Waals surface area contributed by atoms with Crippen LogP contribution in [0, 0.1) is 6.92 Å². The molecule has 0 bridgehead atoms. The summed E-state index contributed by atoms with van der Waals surface area (Å²) in [5.41, 5.74) is 17.7. The van der Waals surface area contributed by atoms with E-state index in [0.717, 1.165) is 16.8 Å². The van der Waals surface area contributed by atoms with Gasteiger partial charge in [0.1, 0.15) is 0 Å². The summed E-state index contributed by atoms with van der Waals surface area (Å²) >= 11 is 0. The Labute approximate surface area is 132 Å². The van der Waals surface area contributed by atoms with Crippen molar-refractivity contribution in [2.75, 3.05) is 6.54 Å². The van der Waals surface area contributed by atoms with Crippen molar-refractivity contribution in [3.63, 3.8) is 0 Å². The standard InChI is InChI=1S/C14H17N9/c1-8-3-2-5-17-10(8)11-19-13-9-7-18-22(6-4-15)12(9)20-14(16)23(13)21-11/h2-3,5,7,11,21H,4,6,15H2,1H3,(H2,16,20). The fraction of sp³-hybridized carbons (Fsp3) is 0.286. The van der Waals surface area contributed by atoms with Gasteiger partial charge in [0.15, 0.2) is 17.8 Å². The van der Waals surface area contributed by atoms with Crippen molar-refractivity contribution in [2.24, 2.45) is 21.5 Å². The monoisotopic (exact) mass is 311 g/mol. The Morgan fingerprint density at radius 1 is 1.39 bits per heavy atom. The maximum Gasteiger partial charge on any atom is 0.219 e. The Morgan fingerprint density at radius 3 is 3.04 bits per heavy atom. The number of pyridine rings is 1. The summed E-state index contributed by atoms with van der Waals surface area (Å²) in [5, 5.41) is 6.00. The van der Waals surface area contributed by atoms with Crippen LogP contribution in [0.2, 0.25) is 0 Å². The van der Waals surface area contributed by atoms with Gasteiger partial charge in [-0.1, -0.05) is 6.07 Å². The quantitative estimate of drug-likeness (QED) is 0.719. The number of nitrogens with two attached hydrogens (primary N) is 2. The van der Waals surface area contributed by atoms with Crippen LogP contribution in [-0.2, 0) is 6.54 Å². The number of hydrazine groups is 1. The average Bonchev–Trinajstić information content (AvgIpc) is 3.13. The number of aromatic nitrogens is 3. The van der Waals surface area contributed by atoms with Crippen LogP contribution in [0.15, 0.2) is 34.5 Å². The largest absolute Gasteiger partial charge is 0.368 e. The fourth-order valence-corrected chi connectivity index (χ4v) is 2.76. The second-order valence-electron chi connectivity index (χ2n) is 5.39. The number of nitrogens with zero attached hydrogens (tertiary/aromatic N) is 6. The summed E-state index contributed by atoms with van der Waals surface area (Å²) in [6.07, 6.45) is 3.19. The zero-order chi connectivity index (χ0) is 16.0. The van der Waals surface area contributed by atoms with Crippen molar-refractivity contribution in [3.8, 4) is 0 Å². The number of guanidine groups is 1. The Balaban J connectivity index is 1.77. The highest BCUT2D eigenvalue weighted by molar-refractivity contribution is 6.14. The number of aliphatic imine (C=N–C) groups is 2. The molecule has 4 rings (SSSR count). The SMILES string of the molecule is Cc1cccnc1C1N=C2c3cnn(CCN)c3N=C(N)N2N1. The molecule has 0 saturated carbocycles. The molecule has 0 fully saturated rings. The molecular weight excluding hydrogens is 294 g/mol. The highest BCUT2D eigenvalue weighted by Crippen LogP contribution is 2.31. The van der Waals surface area contributed by atoms with E-state index in [2.05, 4.69) is 20.5 Å². The van der Waals surface area contributed by atoms with Crippen LogP contribution in [0.3, 0.4) is 0 Å². The zero-order valence-corrected chi connectivity index (χ0v) is 12.6. The lowest BCUT2D eigenvalue weighted by Gasteiger charge is -2.23. The van der Waals surface area contributed by atoms with E-state index in [9.17, 15) is 0 Å². The van der Waals surface area contributed by atoms with E-state index in [1.807, 2.05) is 19.1 Å². The Kier molecular flexibility index (Phi) is 3.10. The third kappa shape index (κ3) is 2.09. The maximum atomic E-state index is 6.08. The van der Waals surface area contributed by atoms with Crippen molar-refractivity contribution in [1.29, 1.82) is 0 Å². The van der Waals surface area contributed by atoms with Crippen molar-refractivity contribution in [1.82, 2.24) is 25.2 Å². The molecule has 2 aliphatic rings. The average molecular weight is 311 g/mol. The van der Waals surface area contributed by atoms with Gasteiger partial charge in [0.05, 0.1) is 24.0 Å². The minimum absolute atomic E-state index is 0.302. The molecule has 0 aromatic carbocycles. The van der Waals surface area contributed by atoms with Gasteiger partial charge >= 0.3 is 0 Å². The van der Waals surface area contributed by atoms with Crippen LogP contribution in [0.1, 0.15) is 23.0 Å². The van der Waals surface area contributed by atoms with Gasteiger partial charge in [-0.2, -0.15) is 15.5 Å². The van der Waals surface area contributed by atoms with Gasteiger partial charge in [-0.25, -0.2) is 14.7 Å². The molecule has 0 aliphatic carbocycles. The van der Waals surface area contributed by atoms with Gasteiger partial charge in [0.25, 0.3) is 0 Å². The van der Waals surface area contributed by atoms with E-state index >= 15 is 0 Å². The van der Waals surface area contributed by atoms with Crippen LogP contribution in [0.25, 0.3) is 0 Å². The molecule has 5 N–H and O–H groups in total. The number of nitrogens with one attached hydrogen (secondary N) is 1. The van der Waals surface area contributed by atoms with Gasteiger partial charge in [0.2, 0.25) is 5.96 Å². The van der Waals surface area contributed by atoms with E-state index < -0.39 is 0 Å². The van der Waals surface area contributed by atoms with Crippen molar-refractivity contribution < 1.29 is 0 Å². The fourth-order valence-electron chi connectivity index (χ4n) is 2.76. The van der Waals surface area contributed by atoms with E-state index in [1.165, 1.54) is 0 Å². The van der Waals surface area contributed by atoms with Gasteiger partial charge in [-0.05, 0) is 18.6 Å². The number of fused-ring (bicyclic) bond motifs is 3. The third-order valence-corrected chi connectivity index (χ3v) is 3.87. The van der Waals surface area contributed by atoms with Gasteiger partial charge < -0.3 is 11.5 Å². The molecule has 2 aliphatic heterocycles. The second-order valence-corrected chi connectivity index (χ2v) is 5.39. The molecule has 0 radical (unpaired) electrons. The zero-order valence-electron chi connectivity index (χ0n) is 12.6. The first-order valence-corrected chi connectivity index (χ1v) is 7.35. The summed E-state index contributed by atoms with van der Waals surface area (Å²) < 4.78 is 1.74. The van der Waals surface area contributed by atoms with Gasteiger partial charge in [-0.15, -0.1) is 0 Å². The van der Waals surface area contributed by atoms with Crippen LogP contribution < -0.4 is 16.9 Å². The Bertz CT molecular complexity index is 819. The number of hydrogen-bond donors (Lipinski definition) is 3. The molecule has 23 heavy (non-hydrogen) atoms. The Morgan fingerprint density at radius 2 is 2.26 bits per heavy atom. The van der Waals surface area contributed by atoms with Gasteiger partial charge in [0, 0.05) is 12.7 Å². The molecule has 1 unspecified atom stereocenters. The third-order valence-electron chi connectivity index (χ3n) is 3.87. The number of amidine groups is 1. The molecule has 0 spiro atoms. The van der Waals surface area contributed by atoms with Crippen LogP contribution in [0.5, 0.6) is 0 Å². The minimum Gasteiger partial charge on any atom is -0.368 e. The molecular formula is C14H17N9. The van der Waals surface area contributed by atoms with Gasteiger partial charge in [-0.3, -0.25) is 4.98 Å². The predicted octanol–water partition coefficient (Wildman–Crippen LogP) is -0.229. The van der Waals surface area contributed by atoms with Crippen molar-refractivity contribution in [3.05, 3.63) is 41.3 Å². The number of aryl methyl sites for hydroxylation is 1. The maximum absolute atomic E-state index is 6.08. The summed E-state index contributed by atoms with van der Waals surface area (Å²) in [6.45, 7) is 3.06. The van der Waals surface area contributed by atoms with Crippen LogP contribution in [-0.4, -0.2) is 38.1 Å². The van der Waals surface area contributed by atoms with E-state index in [4.69, 9.17) is 16.5 Å². The lowest BCUT2D eigenvalue weighted by Crippen LogP contribution is -2.48. The van der Waals surface area contributed by atoms with Crippen molar-refractivity contribution >= 4 is 17.6 Å². The van der Waals surface area contributed by atoms with E-state index in [0.29, 0.717) is 30.7 Å². The highest BCUT2D eigenvalue weighted by atomic mass is 15.6. The van der Waals surface area contributed by atoms with Crippen LogP contribution in [0.4, 0.5) is 5.82 Å². The smallest absolute Gasteiger partial charge is 0.219 e. The topological polar surface area (TPSA) is 123 Å². The lowest BCUT2D eigenvalue weighted by atomic mass is 10.2. The first-order chi connectivity index (χ1) is 11.2. The molecule has 2 aromatic rings. The normalized spacial score (nSPS) is 19.2. The van der Waals surface area contributed by atoms with E-state index in [1.54, 1.807) is 22.1 Å².